The molecule has 61 heavy (non-hydrogen) atoms. The minimum absolute atomic E-state index is 0.0520. The first-order valence-corrected chi connectivity index (χ1v) is 19.8. The van der Waals surface area contributed by atoms with Crippen LogP contribution in [0.25, 0.3) is 28.1 Å². The van der Waals surface area contributed by atoms with E-state index in [1.54, 1.807) is 0 Å². The van der Waals surface area contributed by atoms with Gasteiger partial charge in [-0.25, -0.2) is 41.3 Å². The molecule has 1 fully saturated rings. The largest absolute Gasteiger partial charge is 0.593 e. The van der Waals surface area contributed by atoms with Crippen LogP contribution in [0, 0.1) is 22.5 Å². The molecule has 0 radical (unpaired) electrons. The van der Waals surface area contributed by atoms with Gasteiger partial charge >= 0.3 is 0 Å². The highest BCUT2D eigenvalue weighted by atomic mass is 35.5. The van der Waals surface area contributed by atoms with Crippen LogP contribution in [0.3, 0.4) is 0 Å². The number of carbonyl (C=O) groups is 1. The van der Waals surface area contributed by atoms with E-state index in [0.29, 0.717) is 10.7 Å². The lowest BCUT2D eigenvalue weighted by atomic mass is 10.0. The first-order chi connectivity index (χ1) is 28.9. The second-order valence-corrected chi connectivity index (χ2v) is 15.6. The lowest BCUT2D eigenvalue weighted by molar-refractivity contribution is -0.123. The van der Waals surface area contributed by atoms with Crippen LogP contribution in [-0.2, 0) is 41.6 Å². The third-order valence-electron chi connectivity index (χ3n) is 10.0. The van der Waals surface area contributed by atoms with Crippen LogP contribution in [0.15, 0.2) is 58.8 Å². The predicted molar refractivity (Wildman–Crippen MR) is 201 cm³/mol. The van der Waals surface area contributed by atoms with Crippen molar-refractivity contribution in [3.8, 4) is 17.2 Å². The lowest BCUT2D eigenvalue weighted by Gasteiger charge is -2.24. The Bertz CT molecular complexity index is 2770. The zero-order valence-electron chi connectivity index (χ0n) is 30.8. The van der Waals surface area contributed by atoms with Crippen molar-refractivity contribution < 1.29 is 44.5 Å². The van der Waals surface area contributed by atoms with Gasteiger partial charge in [-0.2, -0.15) is 18.6 Å². The molecule has 2 N–H and O–H groups in total. The van der Waals surface area contributed by atoms with Gasteiger partial charge in [0.05, 0.1) is 51.4 Å². The highest BCUT2D eigenvalue weighted by Gasteiger charge is 2.67. The van der Waals surface area contributed by atoms with E-state index in [1.165, 1.54) is 18.4 Å². The van der Waals surface area contributed by atoms with Crippen LogP contribution in [0.5, 0.6) is 0 Å². The first-order valence-electron chi connectivity index (χ1n) is 17.8. The molecule has 4 aromatic heterocycles. The Balaban J connectivity index is 1.34. The molecule has 1 saturated carbocycles. The smallest absolute Gasteiger partial charge is 0.293 e. The van der Waals surface area contributed by atoms with Gasteiger partial charge in [0, 0.05) is 30.0 Å². The van der Waals surface area contributed by atoms with Crippen molar-refractivity contribution in [1.29, 1.82) is 0 Å². The van der Waals surface area contributed by atoms with Crippen molar-refractivity contribution >= 4 is 51.3 Å². The summed E-state index contributed by atoms with van der Waals surface area (Å²) in [7, 11) is 0. The molecule has 25 heteroatoms. The summed E-state index contributed by atoms with van der Waals surface area (Å²) in [6.45, 7) is -2.17. The van der Waals surface area contributed by atoms with Gasteiger partial charge in [0.15, 0.2) is 5.82 Å². The van der Waals surface area contributed by atoms with Gasteiger partial charge in [0.2, 0.25) is 11.7 Å². The van der Waals surface area contributed by atoms with Crippen molar-refractivity contribution in [2.45, 2.75) is 56.7 Å². The summed E-state index contributed by atoms with van der Waals surface area (Å²) < 4.78 is 133. The van der Waals surface area contributed by atoms with Crippen LogP contribution in [0.4, 0.5) is 46.6 Å². The average molecular weight is 896 g/mol. The second kappa shape index (κ2) is 15.8. The number of alkyl halides is 6. The van der Waals surface area contributed by atoms with Gasteiger partial charge in [-0.3, -0.25) is 23.5 Å². The number of aromatic nitrogens is 8. The summed E-state index contributed by atoms with van der Waals surface area (Å²) >= 11 is 4.71. The summed E-state index contributed by atoms with van der Waals surface area (Å²) in [6.07, 6.45) is -3.76. The Hall–Kier alpha value is -6.01. The van der Waals surface area contributed by atoms with E-state index >= 15 is 8.78 Å². The number of nitrogens with one attached hydrogen (secondary N) is 2. The van der Waals surface area contributed by atoms with Crippen LogP contribution in [-0.4, -0.2) is 62.2 Å². The van der Waals surface area contributed by atoms with Gasteiger partial charge in [0.1, 0.15) is 59.6 Å². The van der Waals surface area contributed by atoms with E-state index in [0.717, 1.165) is 39.8 Å². The molecule has 0 saturated heterocycles. The molecular formula is C36H26ClF8N11O4S. The molecule has 1 amide bonds. The summed E-state index contributed by atoms with van der Waals surface area (Å²) in [4.78, 5) is 52.1. The molecule has 4 heterocycles. The van der Waals surface area contributed by atoms with Crippen LogP contribution in [0.1, 0.15) is 53.1 Å². The number of nitroso groups, excluding NO2 is 1. The Labute approximate surface area is 344 Å². The van der Waals surface area contributed by atoms with Crippen molar-refractivity contribution in [3.05, 3.63) is 109 Å². The highest BCUT2D eigenvalue weighted by Crippen LogP contribution is 2.68. The van der Waals surface area contributed by atoms with Gasteiger partial charge in [-0.15, -0.1) is 10.0 Å². The van der Waals surface area contributed by atoms with Gasteiger partial charge in [0.25, 0.3) is 24.3 Å². The highest BCUT2D eigenvalue weighted by molar-refractivity contribution is 7.92. The van der Waals surface area contributed by atoms with E-state index in [-0.39, 0.29) is 62.2 Å². The molecule has 2 aliphatic rings. The topological polar surface area (TPSA) is 190 Å². The number of amides is 1. The van der Waals surface area contributed by atoms with Gasteiger partial charge < -0.3 is 9.87 Å². The molecule has 0 bridgehead atoms. The molecule has 318 valence electrons. The molecule has 6 aromatic rings. The fourth-order valence-corrected chi connectivity index (χ4v) is 8.29. The molecule has 0 aliphatic heterocycles. The van der Waals surface area contributed by atoms with Crippen LogP contribution < -0.4 is 15.6 Å². The van der Waals surface area contributed by atoms with Crippen LogP contribution in [0.2, 0.25) is 5.02 Å². The summed E-state index contributed by atoms with van der Waals surface area (Å²) in [5.41, 5.74) is -4.34. The summed E-state index contributed by atoms with van der Waals surface area (Å²) in [5, 5.41) is 12.8. The summed E-state index contributed by atoms with van der Waals surface area (Å²) in [6, 6.07) is 3.96. The van der Waals surface area contributed by atoms with Crippen molar-refractivity contribution in [2.75, 3.05) is 11.0 Å². The SMILES string of the molecule is C[S+]([O-])Nc1nn(CC(F)F)c2c(-n3c(C(Cc4cc(F)cc(F)c4)NC(=O)Cn4nc(C(F)F)c5c4C(F)(F)C4CC54)nc(-c4ncc(N=O)cn4)cc3=O)ccc(Cl)c12. The molecule has 8 rings (SSSR count). The first kappa shape index (κ1) is 41.7. The van der Waals surface area contributed by atoms with Crippen molar-refractivity contribution in [3.63, 3.8) is 0 Å². The number of anilines is 1. The minimum atomic E-state index is -3.61. The van der Waals surface area contributed by atoms with E-state index in [1.807, 2.05) is 0 Å². The lowest BCUT2D eigenvalue weighted by Crippen LogP contribution is -2.38. The maximum atomic E-state index is 15.5. The molecule has 15 nitrogen and oxygen atoms in total. The number of halogens is 9. The normalized spacial score (nSPS) is 17.4. The minimum Gasteiger partial charge on any atom is -0.593 e. The fraction of sp³-hybridized carbons (Fsp3) is 0.306. The molecule has 2 aliphatic carbocycles. The maximum Gasteiger partial charge on any atom is 0.293 e. The number of carbonyl (C=O) groups excluding carboxylic acids is 1. The molecule has 2 aromatic carbocycles. The van der Waals surface area contributed by atoms with E-state index < -0.39 is 108 Å². The molecule has 4 atom stereocenters. The quantitative estimate of drug-likeness (QED) is 0.0670. The fourth-order valence-electron chi connectivity index (χ4n) is 7.63. The molecule has 0 spiro atoms. The molecule has 4 unspecified atom stereocenters. The third-order valence-corrected chi connectivity index (χ3v) is 10.8. The van der Waals surface area contributed by atoms with E-state index in [2.05, 4.69) is 40.4 Å². The van der Waals surface area contributed by atoms with Crippen molar-refractivity contribution in [2.24, 2.45) is 11.1 Å². The van der Waals surface area contributed by atoms with Gasteiger partial charge in [-0.05, 0) is 47.3 Å². The van der Waals surface area contributed by atoms with Gasteiger partial charge in [-0.1, -0.05) is 11.6 Å². The number of nitrogens with zero attached hydrogens (tertiary/aromatic N) is 9. The van der Waals surface area contributed by atoms with E-state index in [4.69, 9.17) is 11.6 Å². The number of benzene rings is 2. The zero-order chi connectivity index (χ0) is 43.7. The standard InChI is InChI=1S/C36H26ClF8N11O4S/c1-61(60)53-34-28-20(37)2-3-23(30(28)54(51-34)12-24(40)41)56-26(58)9-21(33-46-10-17(52-59)11-47-33)49-35(56)22(6-14-4-15(38)7-16(39)5-14)48-25(57)13-55-31-27(29(50-55)32(42)43)18-8-19(18)36(31,44)45/h2-5,7,9-11,18-19,22,24,32H,6,8,12-13H2,1H3,(H,48,57)(H,51,53). The number of hydrogen-bond acceptors (Lipinski definition) is 11. The number of hydrogen-bond donors (Lipinski definition) is 2. The zero-order valence-corrected chi connectivity index (χ0v) is 32.4. The van der Waals surface area contributed by atoms with Crippen molar-refractivity contribution in [1.82, 2.24) is 44.4 Å². The summed E-state index contributed by atoms with van der Waals surface area (Å²) in [5.74, 6) is -10.1. The average Bonchev–Trinajstić information content (AvgIpc) is 3.71. The molecular weight excluding hydrogens is 870 g/mol. The maximum absolute atomic E-state index is 15.5. The third kappa shape index (κ3) is 7.78. The van der Waals surface area contributed by atoms with Crippen LogP contribution >= 0.6 is 11.6 Å². The predicted octanol–water partition coefficient (Wildman–Crippen LogP) is 6.78. The Morgan fingerprint density at radius 1 is 1.07 bits per heavy atom. The Kier molecular flexibility index (Phi) is 10.8. The number of rotatable bonds is 14. The Morgan fingerprint density at radius 3 is 2.41 bits per heavy atom. The Morgan fingerprint density at radius 2 is 1.77 bits per heavy atom. The second-order valence-electron chi connectivity index (χ2n) is 14.1. The van der Waals surface area contributed by atoms with E-state index in [9.17, 15) is 45.4 Å². The number of fused-ring (bicyclic) bond motifs is 4. The monoisotopic (exact) mass is 895 g/mol.